The van der Waals surface area contributed by atoms with Crippen LogP contribution in [-0.4, -0.2) is 52.7 Å². The van der Waals surface area contributed by atoms with Gasteiger partial charge in [-0.15, -0.1) is 0 Å². The van der Waals surface area contributed by atoms with Gasteiger partial charge in [-0.05, 0) is 61.8 Å². The van der Waals surface area contributed by atoms with Crippen LogP contribution in [0.3, 0.4) is 0 Å². The van der Waals surface area contributed by atoms with Gasteiger partial charge in [0.25, 0.3) is 5.91 Å². The number of ether oxygens (including phenoxy) is 1. The van der Waals surface area contributed by atoms with E-state index in [4.69, 9.17) is 4.74 Å². The Labute approximate surface area is 178 Å². The summed E-state index contributed by atoms with van der Waals surface area (Å²) in [5.41, 5.74) is 1.16. The number of carbonyl (C=O) groups excluding carboxylic acids is 2. The maximum Gasteiger partial charge on any atom is 0.407 e. The van der Waals surface area contributed by atoms with Crippen LogP contribution in [-0.2, 0) is 11.3 Å². The summed E-state index contributed by atoms with van der Waals surface area (Å²) < 4.78 is 21.9. The minimum Gasteiger partial charge on any atom is -0.444 e. The van der Waals surface area contributed by atoms with Gasteiger partial charge in [0.2, 0.25) is 0 Å². The second-order valence-corrected chi connectivity index (χ2v) is 8.66. The van der Waals surface area contributed by atoms with Crippen molar-refractivity contribution in [3.05, 3.63) is 39.9 Å². The molecule has 0 aliphatic carbocycles. The number of amides is 2. The van der Waals surface area contributed by atoms with Crippen LogP contribution >= 0.6 is 15.9 Å². The van der Waals surface area contributed by atoms with E-state index >= 15 is 0 Å². The third-order valence-electron chi connectivity index (χ3n) is 3.93. The van der Waals surface area contributed by atoms with Gasteiger partial charge in [-0.25, -0.2) is 14.2 Å². The van der Waals surface area contributed by atoms with Gasteiger partial charge < -0.3 is 19.5 Å². The van der Waals surface area contributed by atoms with E-state index in [9.17, 15) is 14.0 Å². The molecule has 0 bridgehead atoms. The minimum atomic E-state index is -0.617. The van der Waals surface area contributed by atoms with Gasteiger partial charge >= 0.3 is 6.09 Å². The normalized spacial score (nSPS) is 12.2. The number of nitrogens with one attached hydrogen (secondary N) is 1. The molecule has 0 saturated carbocycles. The molecule has 0 saturated heterocycles. The highest BCUT2D eigenvalue weighted by Gasteiger charge is 2.17. The lowest BCUT2D eigenvalue weighted by atomic mass is 10.2. The number of allylic oxidation sites excluding steroid dienone is 1. The van der Waals surface area contributed by atoms with Crippen LogP contribution in [0.2, 0.25) is 0 Å². The molecule has 0 aliphatic rings. The van der Waals surface area contributed by atoms with Crippen LogP contribution in [0.25, 0.3) is 11.0 Å². The topological polar surface area (TPSA) is 76.5 Å². The molecule has 1 heterocycles. The predicted octanol–water partition coefficient (Wildman–Crippen LogP) is 4.19. The van der Waals surface area contributed by atoms with Crippen LogP contribution in [0.1, 0.15) is 37.0 Å². The first kappa shape index (κ1) is 22.9. The van der Waals surface area contributed by atoms with E-state index in [1.807, 2.05) is 0 Å². The Hall–Kier alpha value is -2.42. The lowest BCUT2D eigenvalue weighted by Gasteiger charge is -2.19. The number of alkyl carbamates (subject to hydrolysis) is 1. The summed E-state index contributed by atoms with van der Waals surface area (Å²) in [7, 11) is 3.34. The van der Waals surface area contributed by atoms with Crippen LogP contribution in [0.15, 0.2) is 28.5 Å². The summed E-state index contributed by atoms with van der Waals surface area (Å²) in [6.45, 7) is 6.97. The van der Waals surface area contributed by atoms with Crippen molar-refractivity contribution in [3.63, 3.8) is 0 Å². The van der Waals surface area contributed by atoms with Gasteiger partial charge in [-0.3, -0.25) is 4.79 Å². The van der Waals surface area contributed by atoms with Gasteiger partial charge in [0.1, 0.15) is 22.8 Å². The van der Waals surface area contributed by atoms with Crippen molar-refractivity contribution in [1.82, 2.24) is 19.8 Å². The molecule has 1 aromatic carbocycles. The van der Waals surface area contributed by atoms with Crippen molar-refractivity contribution in [3.8, 4) is 0 Å². The Morgan fingerprint density at radius 1 is 1.34 bits per heavy atom. The molecule has 2 rings (SSSR count). The molecule has 2 amide bonds. The Bertz CT molecular complexity index is 961. The molecule has 7 nitrogen and oxygen atoms in total. The zero-order chi connectivity index (χ0) is 21.9. The second-order valence-electron chi connectivity index (χ2n) is 7.80. The molecule has 0 fully saturated rings. The Kier molecular flexibility index (Phi) is 7.05. The molecule has 2 aromatic rings. The summed E-state index contributed by atoms with van der Waals surface area (Å²) in [5.74, 6) is 0.0123. The lowest BCUT2D eigenvalue weighted by molar-refractivity contribution is 0.0533. The third kappa shape index (κ3) is 6.03. The number of hydrogen-bond donors (Lipinski definition) is 1. The highest BCUT2D eigenvalue weighted by Crippen LogP contribution is 2.27. The number of nitrogens with zero attached hydrogens (tertiary/aromatic N) is 3. The number of aryl methyl sites for hydroxylation is 1. The highest BCUT2D eigenvalue weighted by molar-refractivity contribution is 9.10. The molecule has 1 N–H and O–H groups in total. The van der Waals surface area contributed by atoms with E-state index in [0.717, 1.165) is 0 Å². The number of hydrogen-bond acceptors (Lipinski definition) is 4. The summed E-state index contributed by atoms with van der Waals surface area (Å²) in [6.07, 6.45) is 0.667. The van der Waals surface area contributed by atoms with E-state index in [0.29, 0.717) is 26.9 Å². The van der Waals surface area contributed by atoms with E-state index in [-0.39, 0.29) is 19.0 Å². The summed E-state index contributed by atoms with van der Waals surface area (Å²) in [4.78, 5) is 29.9. The van der Waals surface area contributed by atoms with Crippen molar-refractivity contribution in [2.45, 2.75) is 39.8 Å². The first-order chi connectivity index (χ1) is 13.4. The predicted molar refractivity (Wildman–Crippen MR) is 114 cm³/mol. The first-order valence-electron chi connectivity index (χ1n) is 9.08. The largest absolute Gasteiger partial charge is 0.444 e. The van der Waals surface area contributed by atoms with Crippen molar-refractivity contribution in [2.24, 2.45) is 0 Å². The average Bonchev–Trinajstić information content (AvgIpc) is 2.89. The van der Waals surface area contributed by atoms with E-state index < -0.39 is 17.5 Å². The van der Waals surface area contributed by atoms with Crippen molar-refractivity contribution < 1.29 is 18.7 Å². The van der Waals surface area contributed by atoms with Gasteiger partial charge in [0, 0.05) is 30.7 Å². The molecular formula is C20H26BrFN4O3. The first-order valence-corrected chi connectivity index (χ1v) is 9.87. The Morgan fingerprint density at radius 3 is 2.59 bits per heavy atom. The van der Waals surface area contributed by atoms with Crippen molar-refractivity contribution >= 4 is 39.0 Å². The van der Waals surface area contributed by atoms with E-state index in [1.54, 1.807) is 58.5 Å². The molecule has 0 aliphatic heterocycles. The maximum atomic E-state index is 14.5. The number of fused-ring (bicyclic) bond motifs is 1. The monoisotopic (exact) mass is 468 g/mol. The number of carbonyl (C=O) groups is 2. The van der Waals surface area contributed by atoms with Gasteiger partial charge in [0.05, 0.1) is 12.1 Å². The summed E-state index contributed by atoms with van der Waals surface area (Å²) in [6, 6.07) is 3.41. The zero-order valence-corrected chi connectivity index (χ0v) is 19.1. The highest BCUT2D eigenvalue weighted by atomic mass is 79.9. The van der Waals surface area contributed by atoms with Crippen molar-refractivity contribution in [1.29, 1.82) is 0 Å². The molecule has 9 heteroatoms. The Morgan fingerprint density at radius 2 is 2.00 bits per heavy atom. The smallest absolute Gasteiger partial charge is 0.407 e. The van der Waals surface area contributed by atoms with Gasteiger partial charge in [0.15, 0.2) is 0 Å². The maximum absolute atomic E-state index is 14.5. The van der Waals surface area contributed by atoms with Gasteiger partial charge in [-0.1, -0.05) is 0 Å². The Balaban J connectivity index is 2.21. The third-order valence-corrected chi connectivity index (χ3v) is 4.53. The summed E-state index contributed by atoms with van der Waals surface area (Å²) >= 11 is 3.44. The number of imidazole rings is 1. The second kappa shape index (κ2) is 8.94. The SMILES string of the molecule is Cc1nc2c(Br)cc(C(=O)N(C)C)cc2n1C/C(F)=C/CNC(=O)OC(C)(C)C. The number of aromatic nitrogens is 2. The minimum absolute atomic E-state index is 0.000480. The van der Waals surface area contributed by atoms with Crippen molar-refractivity contribution in [2.75, 3.05) is 20.6 Å². The molecule has 0 radical (unpaired) electrons. The fraction of sp³-hybridized carbons (Fsp3) is 0.450. The molecule has 0 spiro atoms. The van der Waals surface area contributed by atoms with E-state index in [2.05, 4.69) is 26.2 Å². The zero-order valence-electron chi connectivity index (χ0n) is 17.5. The standard InChI is InChI=1S/C20H26BrFN4O3/c1-12-24-17-15(21)9-13(18(27)25(5)6)10-16(17)26(12)11-14(22)7-8-23-19(28)29-20(2,3)4/h7,9-10H,8,11H2,1-6H3,(H,23,28)/b14-7-. The number of halogens is 2. The molecule has 29 heavy (non-hydrogen) atoms. The number of rotatable bonds is 5. The summed E-state index contributed by atoms with van der Waals surface area (Å²) in [5, 5.41) is 2.49. The van der Waals surface area contributed by atoms with Crippen LogP contribution in [0.5, 0.6) is 0 Å². The number of benzene rings is 1. The molecular weight excluding hydrogens is 443 g/mol. The molecule has 158 valence electrons. The lowest BCUT2D eigenvalue weighted by Crippen LogP contribution is -2.32. The quantitative estimate of drug-likeness (QED) is 0.713. The molecule has 0 unspecified atom stereocenters. The van der Waals surface area contributed by atoms with Crippen LogP contribution in [0.4, 0.5) is 9.18 Å². The average molecular weight is 469 g/mol. The van der Waals surface area contributed by atoms with Crippen LogP contribution in [0, 0.1) is 6.92 Å². The fourth-order valence-electron chi connectivity index (χ4n) is 2.65. The van der Waals surface area contributed by atoms with E-state index in [1.165, 1.54) is 11.0 Å². The van der Waals surface area contributed by atoms with Gasteiger partial charge in [-0.2, -0.15) is 0 Å². The molecule has 1 aromatic heterocycles. The van der Waals surface area contributed by atoms with Crippen LogP contribution < -0.4 is 5.32 Å². The fourth-order valence-corrected chi connectivity index (χ4v) is 3.19. The molecule has 0 atom stereocenters.